The van der Waals surface area contributed by atoms with Crippen LogP contribution in [-0.4, -0.2) is 54.1 Å². The van der Waals surface area contributed by atoms with E-state index in [9.17, 15) is 14.4 Å². The Hall–Kier alpha value is -1.63. The van der Waals surface area contributed by atoms with Gasteiger partial charge in [0.1, 0.15) is 0 Å². The molecule has 1 unspecified atom stereocenters. The van der Waals surface area contributed by atoms with Gasteiger partial charge in [-0.1, -0.05) is 0 Å². The Labute approximate surface area is 93.8 Å². The van der Waals surface area contributed by atoms with Gasteiger partial charge in [0.15, 0.2) is 0 Å². The van der Waals surface area contributed by atoms with Crippen LogP contribution in [0, 0.1) is 0 Å². The van der Waals surface area contributed by atoms with Crippen molar-refractivity contribution in [1.82, 2.24) is 15.5 Å². The Balaban J connectivity index is 4.16. The van der Waals surface area contributed by atoms with E-state index in [1.54, 1.807) is 6.92 Å². The van der Waals surface area contributed by atoms with Crippen molar-refractivity contribution in [3.8, 4) is 0 Å². The van der Waals surface area contributed by atoms with Gasteiger partial charge in [-0.3, -0.25) is 19.8 Å². The van der Waals surface area contributed by atoms with E-state index in [2.05, 4.69) is 10.6 Å². The number of likely N-dealkylation sites (N-methyl/N-ethyl adjacent to an activating group) is 1. The predicted molar refractivity (Wildman–Crippen MR) is 56.9 cm³/mol. The lowest BCUT2D eigenvalue weighted by Crippen LogP contribution is -2.49. The van der Waals surface area contributed by atoms with E-state index < -0.39 is 23.9 Å². The summed E-state index contributed by atoms with van der Waals surface area (Å²) >= 11 is 0. The molecule has 7 heteroatoms. The van der Waals surface area contributed by atoms with E-state index in [0.717, 1.165) is 0 Å². The van der Waals surface area contributed by atoms with Crippen molar-refractivity contribution in [1.29, 1.82) is 0 Å². The minimum absolute atomic E-state index is 0.260. The Kier molecular flexibility index (Phi) is 6.09. The molecule has 0 aromatic carbocycles. The Morgan fingerprint density at radius 3 is 2.38 bits per heavy atom. The van der Waals surface area contributed by atoms with Crippen molar-refractivity contribution in [3.63, 3.8) is 0 Å². The van der Waals surface area contributed by atoms with Crippen LogP contribution in [-0.2, 0) is 9.59 Å². The van der Waals surface area contributed by atoms with Gasteiger partial charge >= 0.3 is 12.0 Å². The fraction of sp³-hybridized carbons (Fsp3) is 0.667. The summed E-state index contributed by atoms with van der Waals surface area (Å²) in [6, 6.07) is -1.26. The number of aliphatic carboxylic acids is 1. The van der Waals surface area contributed by atoms with E-state index in [4.69, 9.17) is 5.11 Å². The van der Waals surface area contributed by atoms with E-state index in [-0.39, 0.29) is 6.54 Å². The molecule has 0 aliphatic carbocycles. The molecule has 92 valence electrons. The average molecular weight is 231 g/mol. The number of carbonyl (C=O) groups is 3. The second kappa shape index (κ2) is 6.78. The lowest BCUT2D eigenvalue weighted by atomic mass is 10.3. The normalized spacial score (nSPS) is 12.0. The van der Waals surface area contributed by atoms with E-state index >= 15 is 0 Å². The summed E-state index contributed by atoms with van der Waals surface area (Å²) < 4.78 is 0. The number of hydrogen-bond acceptors (Lipinski definition) is 4. The number of carboxylic acid groups (broad SMARTS) is 1. The zero-order chi connectivity index (χ0) is 12.7. The third-order valence-electron chi connectivity index (χ3n) is 2.00. The molecular weight excluding hydrogens is 214 g/mol. The highest BCUT2D eigenvalue weighted by atomic mass is 16.4. The molecule has 0 radical (unpaired) electrons. The largest absolute Gasteiger partial charge is 0.480 e. The minimum Gasteiger partial charge on any atom is -0.480 e. The fourth-order valence-electron chi connectivity index (χ4n) is 0.972. The van der Waals surface area contributed by atoms with Crippen molar-refractivity contribution in [2.45, 2.75) is 19.9 Å². The molecule has 3 amide bonds. The molecule has 0 rings (SSSR count). The Morgan fingerprint density at radius 2 is 1.94 bits per heavy atom. The predicted octanol–water partition coefficient (Wildman–Crippen LogP) is -0.763. The number of nitrogens with zero attached hydrogens (tertiary/aromatic N) is 1. The Bertz CT molecular complexity index is 280. The van der Waals surface area contributed by atoms with Gasteiger partial charge in [0.2, 0.25) is 5.91 Å². The molecule has 0 aliphatic rings. The second-order valence-electron chi connectivity index (χ2n) is 3.33. The Morgan fingerprint density at radius 1 is 1.38 bits per heavy atom. The molecule has 7 nitrogen and oxygen atoms in total. The highest BCUT2D eigenvalue weighted by Gasteiger charge is 2.21. The minimum atomic E-state index is -1.03. The van der Waals surface area contributed by atoms with Gasteiger partial charge in [0, 0.05) is 6.54 Å². The molecule has 3 N–H and O–H groups in total. The highest BCUT2D eigenvalue weighted by Crippen LogP contribution is 1.94. The molecule has 1 atom stereocenters. The summed E-state index contributed by atoms with van der Waals surface area (Å²) in [6.45, 7) is 3.41. The van der Waals surface area contributed by atoms with Crippen molar-refractivity contribution in [2.24, 2.45) is 0 Å². The molecule has 0 saturated carbocycles. The number of imide groups is 1. The molecule has 0 saturated heterocycles. The molecule has 0 fully saturated rings. The molecular formula is C9H17N3O4. The van der Waals surface area contributed by atoms with Crippen LogP contribution in [0.2, 0.25) is 0 Å². The highest BCUT2D eigenvalue weighted by molar-refractivity contribution is 5.96. The topological polar surface area (TPSA) is 98.7 Å². The van der Waals surface area contributed by atoms with Crippen molar-refractivity contribution >= 4 is 17.9 Å². The van der Waals surface area contributed by atoms with Gasteiger partial charge in [-0.15, -0.1) is 0 Å². The van der Waals surface area contributed by atoms with E-state index in [1.807, 2.05) is 0 Å². The van der Waals surface area contributed by atoms with Gasteiger partial charge in [0.05, 0.1) is 12.6 Å². The van der Waals surface area contributed by atoms with Gasteiger partial charge in [-0.25, -0.2) is 4.79 Å². The third-order valence-corrected chi connectivity index (χ3v) is 2.00. The molecule has 0 aliphatic heterocycles. The summed E-state index contributed by atoms with van der Waals surface area (Å²) in [7, 11) is 1.50. The first-order chi connectivity index (χ1) is 7.38. The van der Waals surface area contributed by atoms with Crippen LogP contribution in [0.5, 0.6) is 0 Å². The van der Waals surface area contributed by atoms with Gasteiger partial charge in [0.25, 0.3) is 0 Å². The number of rotatable bonds is 5. The summed E-state index contributed by atoms with van der Waals surface area (Å²) in [5, 5.41) is 13.0. The molecule has 0 spiro atoms. The lowest BCUT2D eigenvalue weighted by molar-refractivity contribution is -0.139. The maximum atomic E-state index is 11.4. The van der Waals surface area contributed by atoms with Crippen molar-refractivity contribution in [3.05, 3.63) is 0 Å². The van der Waals surface area contributed by atoms with E-state index in [0.29, 0.717) is 6.54 Å². The maximum absolute atomic E-state index is 11.4. The molecule has 0 bridgehead atoms. The molecule has 0 heterocycles. The lowest BCUT2D eigenvalue weighted by Gasteiger charge is -2.21. The van der Waals surface area contributed by atoms with Crippen LogP contribution in [0.4, 0.5) is 4.79 Å². The van der Waals surface area contributed by atoms with Crippen LogP contribution in [0.1, 0.15) is 13.8 Å². The zero-order valence-corrected chi connectivity index (χ0v) is 9.61. The van der Waals surface area contributed by atoms with Crippen molar-refractivity contribution < 1.29 is 19.5 Å². The number of amides is 3. The first kappa shape index (κ1) is 14.4. The van der Waals surface area contributed by atoms with Crippen LogP contribution >= 0.6 is 0 Å². The average Bonchev–Trinajstić information content (AvgIpc) is 2.15. The number of urea groups is 1. The number of carbonyl (C=O) groups excluding carboxylic acids is 2. The second-order valence-corrected chi connectivity index (χ2v) is 3.33. The molecule has 16 heavy (non-hydrogen) atoms. The third kappa shape index (κ3) is 5.30. The standard InChI is InChI=1S/C9H17N3O4/c1-4-10-9(16)11-8(15)6(2)12(3)5-7(13)14/h6H,4-5H2,1-3H3,(H,13,14)(H2,10,11,15,16). The number of nitrogens with one attached hydrogen (secondary N) is 2. The van der Waals surface area contributed by atoms with Crippen molar-refractivity contribution in [2.75, 3.05) is 20.1 Å². The van der Waals surface area contributed by atoms with Gasteiger partial charge in [-0.05, 0) is 20.9 Å². The quantitative estimate of drug-likeness (QED) is 0.577. The first-order valence-corrected chi connectivity index (χ1v) is 4.89. The monoisotopic (exact) mass is 231 g/mol. The summed E-state index contributed by atoms with van der Waals surface area (Å²) in [4.78, 5) is 34.2. The first-order valence-electron chi connectivity index (χ1n) is 4.89. The summed E-state index contributed by atoms with van der Waals surface area (Å²) in [6.07, 6.45) is 0. The number of hydrogen-bond donors (Lipinski definition) is 3. The summed E-state index contributed by atoms with van der Waals surface area (Å²) in [5.41, 5.74) is 0. The van der Waals surface area contributed by atoms with Crippen LogP contribution in [0.25, 0.3) is 0 Å². The maximum Gasteiger partial charge on any atom is 0.321 e. The fourth-order valence-corrected chi connectivity index (χ4v) is 0.972. The molecule has 0 aromatic rings. The molecule has 0 aromatic heterocycles. The van der Waals surface area contributed by atoms with Crippen LogP contribution in [0.15, 0.2) is 0 Å². The number of carboxylic acids is 1. The van der Waals surface area contributed by atoms with E-state index in [1.165, 1.54) is 18.9 Å². The SMILES string of the molecule is CCNC(=O)NC(=O)C(C)N(C)CC(=O)O. The van der Waals surface area contributed by atoms with Crippen LogP contribution in [0.3, 0.4) is 0 Å². The van der Waals surface area contributed by atoms with Gasteiger partial charge < -0.3 is 10.4 Å². The smallest absolute Gasteiger partial charge is 0.321 e. The summed E-state index contributed by atoms with van der Waals surface area (Å²) in [5.74, 6) is -1.56. The van der Waals surface area contributed by atoms with Crippen LogP contribution < -0.4 is 10.6 Å². The van der Waals surface area contributed by atoms with Gasteiger partial charge in [-0.2, -0.15) is 0 Å². The zero-order valence-electron chi connectivity index (χ0n) is 9.61.